The van der Waals surface area contributed by atoms with E-state index in [9.17, 15) is 19.5 Å². The van der Waals surface area contributed by atoms with Gasteiger partial charge in [-0.05, 0) is 52.9 Å². The molecule has 0 aromatic heterocycles. The second-order valence-corrected chi connectivity index (χ2v) is 7.71. The van der Waals surface area contributed by atoms with Crippen molar-refractivity contribution in [1.82, 2.24) is 0 Å². The molecule has 0 saturated heterocycles. The fraction of sp³-hybridized carbons (Fsp3) is 0.0800. The number of aryl methyl sites for hydroxylation is 2. The first-order chi connectivity index (χ1) is 14.6. The molecule has 6 rings (SSSR count). The summed E-state index contributed by atoms with van der Waals surface area (Å²) in [7, 11) is 0. The standard InChI is InChI=1S/C25H15NO4/c27-23-18-6-2-4-15-16(25(29)30)10-11-19(22(15)18)24(28)26(23)20-12-9-14-8-7-13-3-1-5-17(20)21(13)14/h1-6,9-12H,7-8H2,(H,29,30)/p-1. The fourth-order valence-corrected chi connectivity index (χ4v) is 4.92. The molecule has 0 bridgehead atoms. The minimum absolute atomic E-state index is 0.0324. The number of imide groups is 1. The first-order valence-corrected chi connectivity index (χ1v) is 9.75. The minimum atomic E-state index is -1.34. The molecule has 5 heteroatoms. The van der Waals surface area contributed by atoms with Crippen molar-refractivity contribution in [2.45, 2.75) is 12.8 Å². The van der Waals surface area contributed by atoms with Crippen LogP contribution >= 0.6 is 0 Å². The summed E-state index contributed by atoms with van der Waals surface area (Å²) in [6.07, 6.45) is 1.90. The van der Waals surface area contributed by atoms with Gasteiger partial charge in [-0.15, -0.1) is 0 Å². The quantitative estimate of drug-likeness (QED) is 0.491. The molecule has 30 heavy (non-hydrogen) atoms. The van der Waals surface area contributed by atoms with E-state index in [1.165, 1.54) is 28.2 Å². The molecule has 0 radical (unpaired) electrons. The van der Waals surface area contributed by atoms with Crippen molar-refractivity contribution >= 4 is 45.0 Å². The van der Waals surface area contributed by atoms with Crippen molar-refractivity contribution in [2.24, 2.45) is 0 Å². The third-order valence-electron chi connectivity index (χ3n) is 6.22. The van der Waals surface area contributed by atoms with Crippen LogP contribution < -0.4 is 10.0 Å². The highest BCUT2D eigenvalue weighted by atomic mass is 16.4. The van der Waals surface area contributed by atoms with Crippen LogP contribution in [0.2, 0.25) is 0 Å². The molecule has 1 heterocycles. The number of anilines is 1. The van der Waals surface area contributed by atoms with Crippen molar-refractivity contribution < 1.29 is 19.5 Å². The summed E-state index contributed by atoms with van der Waals surface area (Å²) < 4.78 is 0. The van der Waals surface area contributed by atoms with E-state index in [2.05, 4.69) is 6.07 Å². The zero-order valence-electron chi connectivity index (χ0n) is 15.8. The molecule has 144 valence electrons. The second-order valence-electron chi connectivity index (χ2n) is 7.71. The number of amides is 2. The van der Waals surface area contributed by atoms with Gasteiger partial charge >= 0.3 is 0 Å². The summed E-state index contributed by atoms with van der Waals surface area (Å²) in [4.78, 5) is 39.7. The van der Waals surface area contributed by atoms with Crippen LogP contribution in [0.4, 0.5) is 5.69 Å². The Morgan fingerprint density at radius 3 is 2.17 bits per heavy atom. The van der Waals surface area contributed by atoms with Crippen LogP contribution in [0.1, 0.15) is 42.2 Å². The summed E-state index contributed by atoms with van der Waals surface area (Å²) in [5.41, 5.74) is 3.60. The molecule has 2 amide bonds. The number of hydrogen-bond acceptors (Lipinski definition) is 4. The lowest BCUT2D eigenvalue weighted by Crippen LogP contribution is -2.40. The van der Waals surface area contributed by atoms with Crippen LogP contribution in [0, 0.1) is 0 Å². The number of carboxylic acids is 1. The Morgan fingerprint density at radius 2 is 1.40 bits per heavy atom. The van der Waals surface area contributed by atoms with Crippen molar-refractivity contribution in [2.75, 3.05) is 4.90 Å². The van der Waals surface area contributed by atoms with E-state index >= 15 is 0 Å². The predicted molar refractivity (Wildman–Crippen MR) is 111 cm³/mol. The van der Waals surface area contributed by atoms with Gasteiger partial charge < -0.3 is 9.90 Å². The summed E-state index contributed by atoms with van der Waals surface area (Å²) >= 11 is 0. The monoisotopic (exact) mass is 392 g/mol. The molecular weight excluding hydrogens is 378 g/mol. The zero-order valence-corrected chi connectivity index (χ0v) is 15.8. The summed E-state index contributed by atoms with van der Waals surface area (Å²) in [5.74, 6) is -2.24. The van der Waals surface area contributed by atoms with Crippen molar-refractivity contribution in [3.63, 3.8) is 0 Å². The van der Waals surface area contributed by atoms with E-state index in [1.807, 2.05) is 24.3 Å². The molecule has 0 unspecified atom stereocenters. The van der Waals surface area contributed by atoms with E-state index in [0.29, 0.717) is 27.6 Å². The lowest BCUT2D eigenvalue weighted by atomic mass is 9.90. The molecule has 0 atom stereocenters. The Hall–Kier alpha value is -3.99. The van der Waals surface area contributed by atoms with Crippen LogP contribution in [-0.2, 0) is 12.8 Å². The number of aromatic carboxylic acids is 1. The van der Waals surface area contributed by atoms with E-state index < -0.39 is 17.8 Å². The first kappa shape index (κ1) is 16.9. The Bertz CT molecular complexity index is 1440. The number of hydrogen-bond donors (Lipinski definition) is 0. The van der Waals surface area contributed by atoms with Crippen molar-refractivity contribution in [3.05, 3.63) is 88.5 Å². The summed E-state index contributed by atoms with van der Waals surface area (Å²) in [5, 5.41) is 14.2. The van der Waals surface area contributed by atoms with Gasteiger partial charge in [0.05, 0.1) is 11.7 Å². The zero-order chi connectivity index (χ0) is 20.6. The maximum Gasteiger partial charge on any atom is 0.266 e. The van der Waals surface area contributed by atoms with Crippen molar-refractivity contribution in [3.8, 4) is 0 Å². The fourth-order valence-electron chi connectivity index (χ4n) is 4.92. The first-order valence-electron chi connectivity index (χ1n) is 9.75. The normalized spacial score (nSPS) is 14.7. The van der Waals surface area contributed by atoms with Crippen LogP contribution in [0.5, 0.6) is 0 Å². The van der Waals surface area contributed by atoms with Crippen LogP contribution in [0.25, 0.3) is 21.5 Å². The van der Waals surface area contributed by atoms with Crippen LogP contribution in [-0.4, -0.2) is 17.8 Å². The SMILES string of the molecule is O=C([O-])c1ccc2c3c(cccc13)C(=O)N(c1ccc3c4c(cccc14)CC3)C2=O. The molecule has 1 aliphatic heterocycles. The van der Waals surface area contributed by atoms with Gasteiger partial charge in [0.2, 0.25) is 0 Å². The Labute approximate surface area is 171 Å². The number of nitrogens with zero attached hydrogens (tertiary/aromatic N) is 1. The highest BCUT2D eigenvalue weighted by molar-refractivity contribution is 6.37. The molecule has 0 spiro atoms. The van der Waals surface area contributed by atoms with Crippen LogP contribution in [0.3, 0.4) is 0 Å². The summed E-state index contributed by atoms with van der Waals surface area (Å²) in [6, 6.07) is 17.5. The lowest BCUT2D eigenvalue weighted by molar-refractivity contribution is -0.254. The van der Waals surface area contributed by atoms with Gasteiger partial charge in [-0.1, -0.05) is 42.5 Å². The molecule has 0 fully saturated rings. The predicted octanol–water partition coefficient (Wildman–Crippen LogP) is 3.26. The van der Waals surface area contributed by atoms with Gasteiger partial charge in [-0.3, -0.25) is 9.59 Å². The summed E-state index contributed by atoms with van der Waals surface area (Å²) in [6.45, 7) is 0. The number of carbonyl (C=O) groups is 3. The highest BCUT2D eigenvalue weighted by Crippen LogP contribution is 2.40. The molecule has 4 aromatic rings. The highest BCUT2D eigenvalue weighted by Gasteiger charge is 2.35. The third-order valence-corrected chi connectivity index (χ3v) is 6.22. The maximum atomic E-state index is 13.5. The molecule has 0 N–H and O–H groups in total. The Balaban J connectivity index is 1.63. The lowest BCUT2D eigenvalue weighted by Gasteiger charge is -2.29. The van der Waals surface area contributed by atoms with Gasteiger partial charge in [0.25, 0.3) is 11.8 Å². The average molecular weight is 392 g/mol. The van der Waals surface area contributed by atoms with E-state index in [1.54, 1.807) is 18.2 Å². The average Bonchev–Trinajstić information content (AvgIpc) is 3.18. The maximum absolute atomic E-state index is 13.5. The van der Waals surface area contributed by atoms with Crippen molar-refractivity contribution in [1.29, 1.82) is 0 Å². The molecule has 2 aliphatic rings. The molecular formula is C25H14NO4-. The minimum Gasteiger partial charge on any atom is -0.545 e. The van der Waals surface area contributed by atoms with Gasteiger partial charge in [0.15, 0.2) is 0 Å². The molecule has 4 aromatic carbocycles. The van der Waals surface area contributed by atoms with Gasteiger partial charge in [-0.2, -0.15) is 0 Å². The number of benzene rings is 4. The largest absolute Gasteiger partial charge is 0.545 e. The third kappa shape index (κ3) is 2.04. The van der Waals surface area contributed by atoms with Gasteiger partial charge in [0, 0.05) is 27.5 Å². The number of rotatable bonds is 2. The van der Waals surface area contributed by atoms with E-state index in [-0.39, 0.29) is 5.56 Å². The Kier molecular flexibility index (Phi) is 3.25. The van der Waals surface area contributed by atoms with Gasteiger partial charge in [-0.25, -0.2) is 4.90 Å². The van der Waals surface area contributed by atoms with E-state index in [4.69, 9.17) is 0 Å². The Morgan fingerprint density at radius 1 is 0.733 bits per heavy atom. The smallest absolute Gasteiger partial charge is 0.266 e. The number of carbonyl (C=O) groups excluding carboxylic acids is 3. The molecule has 0 saturated carbocycles. The molecule has 1 aliphatic carbocycles. The van der Waals surface area contributed by atoms with Crippen LogP contribution in [0.15, 0.2) is 60.7 Å². The number of carboxylic acid groups (broad SMARTS) is 1. The second kappa shape index (κ2) is 5.76. The van der Waals surface area contributed by atoms with Gasteiger partial charge in [0.1, 0.15) is 0 Å². The van der Waals surface area contributed by atoms with E-state index in [0.717, 1.165) is 23.6 Å². The molecule has 5 nitrogen and oxygen atoms in total. The topological polar surface area (TPSA) is 77.5 Å².